The summed E-state index contributed by atoms with van der Waals surface area (Å²) in [6.45, 7) is 3.11. The topological polar surface area (TPSA) is 54.4 Å². The molecule has 0 saturated heterocycles. The molecule has 0 aromatic carbocycles. The third kappa shape index (κ3) is 9.34. The third-order valence-corrected chi connectivity index (χ3v) is 0.985. The lowest BCUT2D eigenvalue weighted by atomic mass is 10.8. The second kappa shape index (κ2) is 3.88. The molecule has 0 aliphatic carbocycles. The van der Waals surface area contributed by atoms with Gasteiger partial charge in [-0.3, -0.25) is 4.55 Å². The first-order valence-corrected chi connectivity index (χ1v) is 3.23. The van der Waals surface area contributed by atoms with Crippen molar-refractivity contribution < 1.29 is 13.0 Å². The second-order valence-electron chi connectivity index (χ2n) is 1.04. The van der Waals surface area contributed by atoms with Crippen molar-refractivity contribution in [2.75, 3.05) is 5.75 Å². The summed E-state index contributed by atoms with van der Waals surface area (Å²) in [5, 5.41) is 0. The van der Waals surface area contributed by atoms with Gasteiger partial charge in [0.15, 0.2) is 0 Å². The van der Waals surface area contributed by atoms with E-state index in [9.17, 15) is 8.42 Å². The Kier molecular flexibility index (Phi) is 5.26. The Morgan fingerprint density at radius 2 is 2.00 bits per heavy atom. The van der Waals surface area contributed by atoms with Crippen LogP contribution in [0.3, 0.4) is 0 Å². The van der Waals surface area contributed by atoms with E-state index in [1.54, 1.807) is 0 Å². The lowest BCUT2D eigenvalue weighted by molar-refractivity contribution is 0.487. The van der Waals surface area contributed by atoms with Gasteiger partial charge in [-0.1, -0.05) is 6.08 Å². The van der Waals surface area contributed by atoms with Gasteiger partial charge in [-0.15, -0.1) is 19.0 Å². The molecule has 0 amide bonds. The van der Waals surface area contributed by atoms with Crippen molar-refractivity contribution in [2.24, 2.45) is 0 Å². The summed E-state index contributed by atoms with van der Waals surface area (Å²) >= 11 is 0. The van der Waals surface area contributed by atoms with Crippen LogP contribution in [0, 0.1) is 0 Å². The fourth-order valence-electron chi connectivity index (χ4n) is 0.149. The smallest absolute Gasteiger partial charge is 0.268 e. The van der Waals surface area contributed by atoms with Crippen LogP contribution in [-0.2, 0) is 10.1 Å². The van der Waals surface area contributed by atoms with Gasteiger partial charge in [-0.05, 0) is 0 Å². The Balaban J connectivity index is 0. The average molecular weight is 159 g/mol. The van der Waals surface area contributed by atoms with Gasteiger partial charge in [0.05, 0.1) is 5.75 Å². The van der Waals surface area contributed by atoms with E-state index in [1.807, 2.05) is 0 Å². The molecular formula is C3H7ClO3S. The van der Waals surface area contributed by atoms with E-state index in [0.29, 0.717) is 0 Å². The summed E-state index contributed by atoms with van der Waals surface area (Å²) in [5.74, 6) is -0.368. The molecular weight excluding hydrogens is 152 g/mol. The maximum atomic E-state index is 9.72. The van der Waals surface area contributed by atoms with E-state index in [4.69, 9.17) is 4.55 Å². The monoisotopic (exact) mass is 158 g/mol. The molecule has 0 aromatic heterocycles. The van der Waals surface area contributed by atoms with Gasteiger partial charge in [0, 0.05) is 0 Å². The minimum Gasteiger partial charge on any atom is -0.285 e. The maximum absolute atomic E-state index is 9.72. The SMILES string of the molecule is C=CCS(=O)(=O)O.Cl. The number of rotatable bonds is 2. The van der Waals surface area contributed by atoms with E-state index in [1.165, 1.54) is 0 Å². The average Bonchev–Trinajstić information content (AvgIpc) is 1.30. The summed E-state index contributed by atoms with van der Waals surface area (Å²) in [5.41, 5.74) is 0. The van der Waals surface area contributed by atoms with Gasteiger partial charge in [-0.2, -0.15) is 8.42 Å². The molecule has 0 aliphatic rings. The summed E-state index contributed by atoms with van der Waals surface area (Å²) in [6, 6.07) is 0. The number of halogens is 1. The molecule has 0 unspecified atom stereocenters. The van der Waals surface area contributed by atoms with Gasteiger partial charge in [-0.25, -0.2) is 0 Å². The number of hydrogen-bond donors (Lipinski definition) is 1. The molecule has 0 saturated carbocycles. The van der Waals surface area contributed by atoms with Crippen molar-refractivity contribution in [1.29, 1.82) is 0 Å². The zero-order chi connectivity index (χ0) is 5.91. The van der Waals surface area contributed by atoms with Crippen LogP contribution in [0.15, 0.2) is 12.7 Å². The summed E-state index contributed by atoms with van der Waals surface area (Å²) in [4.78, 5) is 0. The van der Waals surface area contributed by atoms with Crippen LogP contribution in [0.2, 0.25) is 0 Å². The van der Waals surface area contributed by atoms with Gasteiger partial charge < -0.3 is 0 Å². The largest absolute Gasteiger partial charge is 0.285 e. The highest BCUT2D eigenvalue weighted by atomic mass is 35.5. The Morgan fingerprint density at radius 1 is 1.62 bits per heavy atom. The van der Waals surface area contributed by atoms with Crippen molar-refractivity contribution in [3.63, 3.8) is 0 Å². The Labute approximate surface area is 54.6 Å². The highest BCUT2D eigenvalue weighted by Gasteiger charge is 1.95. The van der Waals surface area contributed by atoms with Crippen molar-refractivity contribution in [1.82, 2.24) is 0 Å². The fraction of sp³-hybridized carbons (Fsp3) is 0.333. The Morgan fingerprint density at radius 3 is 2.00 bits per heavy atom. The summed E-state index contributed by atoms with van der Waals surface area (Å²) in [6.07, 6.45) is 1.12. The first kappa shape index (κ1) is 10.8. The van der Waals surface area contributed by atoms with Crippen LogP contribution in [0.25, 0.3) is 0 Å². The quantitative estimate of drug-likeness (QED) is 0.470. The molecule has 0 aromatic rings. The zero-order valence-corrected chi connectivity index (χ0v) is 5.70. The molecule has 0 atom stereocenters. The molecule has 0 spiro atoms. The predicted octanol–water partition coefficient (Wildman–Crippen LogP) is 0.482. The zero-order valence-electron chi connectivity index (χ0n) is 4.07. The Hall–Kier alpha value is -0.0600. The lowest BCUT2D eigenvalue weighted by Gasteiger charge is -1.82. The minimum absolute atomic E-state index is 0. The third-order valence-electron chi connectivity index (χ3n) is 0.328. The Bertz CT molecular complexity index is 148. The molecule has 1 N–H and O–H groups in total. The van der Waals surface area contributed by atoms with Crippen LogP contribution in [0.1, 0.15) is 0 Å². The van der Waals surface area contributed by atoms with E-state index in [-0.39, 0.29) is 18.2 Å². The summed E-state index contributed by atoms with van der Waals surface area (Å²) in [7, 11) is -3.79. The van der Waals surface area contributed by atoms with E-state index in [0.717, 1.165) is 6.08 Å². The molecule has 5 heteroatoms. The molecule has 0 bridgehead atoms. The van der Waals surface area contributed by atoms with Gasteiger partial charge >= 0.3 is 0 Å². The van der Waals surface area contributed by atoms with Crippen LogP contribution in [-0.4, -0.2) is 18.7 Å². The van der Waals surface area contributed by atoms with Crippen LogP contribution in [0.4, 0.5) is 0 Å². The summed E-state index contributed by atoms with van der Waals surface area (Å²) < 4.78 is 27.3. The van der Waals surface area contributed by atoms with Crippen LogP contribution < -0.4 is 0 Å². The van der Waals surface area contributed by atoms with E-state index in [2.05, 4.69) is 6.58 Å². The van der Waals surface area contributed by atoms with Crippen molar-refractivity contribution in [3.05, 3.63) is 12.7 Å². The number of hydrogen-bond acceptors (Lipinski definition) is 2. The van der Waals surface area contributed by atoms with E-state index >= 15 is 0 Å². The van der Waals surface area contributed by atoms with Crippen molar-refractivity contribution in [3.8, 4) is 0 Å². The molecule has 8 heavy (non-hydrogen) atoms. The predicted molar refractivity (Wildman–Crippen MR) is 33.9 cm³/mol. The highest BCUT2D eigenvalue weighted by molar-refractivity contribution is 7.85. The van der Waals surface area contributed by atoms with Gasteiger partial charge in [0.2, 0.25) is 0 Å². The fourth-order valence-corrected chi connectivity index (χ4v) is 0.447. The molecule has 50 valence electrons. The molecule has 3 nitrogen and oxygen atoms in total. The first-order chi connectivity index (χ1) is 3.06. The standard InChI is InChI=1S/C3H6O3S.ClH/c1-2-3-7(4,5)6;/h2H,1,3H2,(H,4,5,6);1H. The highest BCUT2D eigenvalue weighted by Crippen LogP contribution is 1.78. The van der Waals surface area contributed by atoms with Gasteiger partial charge in [0.25, 0.3) is 10.1 Å². The molecule has 0 aliphatic heterocycles. The maximum Gasteiger partial charge on any atom is 0.268 e. The molecule has 0 fully saturated rings. The minimum atomic E-state index is -3.79. The molecule has 0 heterocycles. The van der Waals surface area contributed by atoms with Crippen molar-refractivity contribution >= 4 is 22.5 Å². The molecule has 0 rings (SSSR count). The van der Waals surface area contributed by atoms with Gasteiger partial charge in [0.1, 0.15) is 0 Å². The molecule has 0 radical (unpaired) electrons. The van der Waals surface area contributed by atoms with Crippen molar-refractivity contribution in [2.45, 2.75) is 0 Å². The van der Waals surface area contributed by atoms with Crippen LogP contribution in [0.5, 0.6) is 0 Å². The first-order valence-electron chi connectivity index (χ1n) is 1.62. The normalized spacial score (nSPS) is 9.62. The van der Waals surface area contributed by atoms with E-state index < -0.39 is 10.1 Å². The van der Waals surface area contributed by atoms with Crippen LogP contribution >= 0.6 is 12.4 Å². The lowest BCUT2D eigenvalue weighted by Crippen LogP contribution is -1.99. The second-order valence-corrected chi connectivity index (χ2v) is 2.53.